The molecule has 1 amide bonds. The van der Waals surface area contributed by atoms with Crippen LogP contribution in [0.3, 0.4) is 0 Å². The van der Waals surface area contributed by atoms with Crippen LogP contribution in [-0.2, 0) is 9.53 Å². The highest BCUT2D eigenvalue weighted by Crippen LogP contribution is 2.18. The van der Waals surface area contributed by atoms with Crippen molar-refractivity contribution < 1.29 is 23.8 Å². The lowest BCUT2D eigenvalue weighted by molar-refractivity contribution is -0.142. The molecule has 1 aromatic heterocycles. The smallest absolute Gasteiger partial charge is 0.326 e. The summed E-state index contributed by atoms with van der Waals surface area (Å²) in [5.41, 5.74) is 0.684. The molecule has 1 aliphatic rings. The fourth-order valence-electron chi connectivity index (χ4n) is 2.81. The maximum atomic E-state index is 13.0. The summed E-state index contributed by atoms with van der Waals surface area (Å²) in [4.78, 5) is 23.8. The van der Waals surface area contributed by atoms with E-state index >= 15 is 0 Å². The number of nitrogens with one attached hydrogen (secondary N) is 1. The molecule has 2 heterocycles. The number of halogens is 1. The van der Waals surface area contributed by atoms with Crippen LogP contribution in [0.5, 0.6) is 0 Å². The van der Waals surface area contributed by atoms with Crippen LogP contribution in [0.1, 0.15) is 23.3 Å². The number of carboxylic acids is 1. The summed E-state index contributed by atoms with van der Waals surface area (Å²) in [6, 6.07) is 6.10. The van der Waals surface area contributed by atoms with Crippen LogP contribution in [0.15, 0.2) is 36.5 Å². The predicted octanol–water partition coefficient (Wildman–Crippen LogP) is 1.62. The maximum absolute atomic E-state index is 13.0. The lowest BCUT2D eigenvalue weighted by Gasteiger charge is -2.27. The molecule has 1 aromatic carbocycles. The standard InChI is InChI=1S/C17H18FN3O4/c18-12-3-5-13(6-4-12)21-8-7-14(20-21)16(22)19-15(17(23)24)11-2-1-9-25-10-11/h3-8,11,15H,1-2,9-10H2,(H,19,22)(H,23,24). The Bertz CT molecular complexity index is 754. The van der Waals surface area contributed by atoms with Gasteiger partial charge >= 0.3 is 5.97 Å². The number of ether oxygens (including phenoxy) is 1. The molecular weight excluding hydrogens is 329 g/mol. The van der Waals surface area contributed by atoms with Gasteiger partial charge in [0, 0.05) is 18.7 Å². The van der Waals surface area contributed by atoms with Gasteiger partial charge in [0.1, 0.15) is 11.9 Å². The van der Waals surface area contributed by atoms with Gasteiger partial charge in [0.25, 0.3) is 5.91 Å². The molecule has 1 aliphatic heterocycles. The Kier molecular flexibility index (Phi) is 5.08. The summed E-state index contributed by atoms with van der Waals surface area (Å²) in [6.45, 7) is 0.917. The minimum absolute atomic E-state index is 0.0901. The number of benzene rings is 1. The van der Waals surface area contributed by atoms with Crippen LogP contribution in [0.25, 0.3) is 5.69 Å². The Balaban J connectivity index is 1.71. The van der Waals surface area contributed by atoms with E-state index in [4.69, 9.17) is 4.74 Å². The molecule has 2 aromatic rings. The predicted molar refractivity (Wildman–Crippen MR) is 86.0 cm³/mol. The highest BCUT2D eigenvalue weighted by molar-refractivity contribution is 5.95. The molecule has 2 atom stereocenters. The summed E-state index contributed by atoms with van der Waals surface area (Å²) in [5, 5.41) is 16.0. The van der Waals surface area contributed by atoms with Crippen molar-refractivity contribution in [1.29, 1.82) is 0 Å². The second kappa shape index (κ2) is 7.43. The SMILES string of the molecule is O=C(NC(C(=O)O)C1CCCOC1)c1ccn(-c2ccc(F)cc2)n1. The first-order valence-electron chi connectivity index (χ1n) is 7.97. The first-order chi connectivity index (χ1) is 12.0. The van der Waals surface area contributed by atoms with Gasteiger partial charge in [-0.3, -0.25) is 4.79 Å². The zero-order valence-electron chi connectivity index (χ0n) is 13.4. The molecular formula is C17H18FN3O4. The molecule has 8 heteroatoms. The first kappa shape index (κ1) is 17.1. The zero-order valence-corrected chi connectivity index (χ0v) is 13.4. The van der Waals surface area contributed by atoms with E-state index < -0.39 is 17.9 Å². The quantitative estimate of drug-likeness (QED) is 0.857. The minimum atomic E-state index is -1.10. The molecule has 0 bridgehead atoms. The lowest BCUT2D eigenvalue weighted by atomic mass is 9.93. The Hall–Kier alpha value is -2.74. The summed E-state index contributed by atoms with van der Waals surface area (Å²) < 4.78 is 19.7. The number of carboxylic acid groups (broad SMARTS) is 1. The normalized spacial score (nSPS) is 18.5. The monoisotopic (exact) mass is 347 g/mol. The van der Waals surface area contributed by atoms with Crippen molar-refractivity contribution in [2.24, 2.45) is 5.92 Å². The van der Waals surface area contributed by atoms with Gasteiger partial charge in [-0.2, -0.15) is 5.10 Å². The molecule has 0 spiro atoms. The van der Waals surface area contributed by atoms with Gasteiger partial charge < -0.3 is 15.2 Å². The highest BCUT2D eigenvalue weighted by atomic mass is 19.1. The molecule has 2 N–H and O–H groups in total. The third-order valence-corrected chi connectivity index (χ3v) is 4.13. The van der Waals surface area contributed by atoms with Crippen molar-refractivity contribution in [1.82, 2.24) is 15.1 Å². The summed E-state index contributed by atoms with van der Waals surface area (Å²) in [5.74, 6) is -2.30. The number of hydrogen-bond donors (Lipinski definition) is 2. The number of aromatic nitrogens is 2. The largest absolute Gasteiger partial charge is 0.480 e. The zero-order chi connectivity index (χ0) is 17.8. The second-order valence-corrected chi connectivity index (χ2v) is 5.89. The van der Waals surface area contributed by atoms with Gasteiger partial charge in [0.2, 0.25) is 0 Å². The van der Waals surface area contributed by atoms with Gasteiger partial charge in [-0.15, -0.1) is 0 Å². The molecule has 3 rings (SSSR count). The van der Waals surface area contributed by atoms with Crippen molar-refractivity contribution in [3.05, 3.63) is 48.0 Å². The Morgan fingerprint density at radius 2 is 2.08 bits per heavy atom. The minimum Gasteiger partial charge on any atom is -0.480 e. The van der Waals surface area contributed by atoms with Crippen molar-refractivity contribution in [2.75, 3.05) is 13.2 Å². The second-order valence-electron chi connectivity index (χ2n) is 5.89. The molecule has 1 fully saturated rings. The van der Waals surface area contributed by atoms with Crippen molar-refractivity contribution in [3.63, 3.8) is 0 Å². The Morgan fingerprint density at radius 1 is 1.32 bits per heavy atom. The number of aliphatic carboxylic acids is 1. The van der Waals surface area contributed by atoms with Crippen LogP contribution in [0, 0.1) is 11.7 Å². The summed E-state index contributed by atoms with van der Waals surface area (Å²) in [6.07, 6.45) is 3.01. The molecule has 7 nitrogen and oxygen atoms in total. The van der Waals surface area contributed by atoms with Gasteiger partial charge in [0.05, 0.1) is 12.3 Å². The average Bonchev–Trinajstić information content (AvgIpc) is 3.11. The van der Waals surface area contributed by atoms with Crippen molar-refractivity contribution in [2.45, 2.75) is 18.9 Å². The van der Waals surface area contributed by atoms with Crippen LogP contribution in [-0.4, -0.2) is 46.0 Å². The highest BCUT2D eigenvalue weighted by Gasteiger charge is 2.32. The molecule has 2 unspecified atom stereocenters. The number of carbonyl (C=O) groups is 2. The maximum Gasteiger partial charge on any atom is 0.326 e. The van der Waals surface area contributed by atoms with E-state index in [1.54, 1.807) is 6.20 Å². The van der Waals surface area contributed by atoms with E-state index in [1.165, 1.54) is 35.0 Å². The van der Waals surface area contributed by atoms with Gasteiger partial charge in [0.15, 0.2) is 5.69 Å². The fourth-order valence-corrected chi connectivity index (χ4v) is 2.81. The number of carbonyl (C=O) groups excluding carboxylic acids is 1. The third kappa shape index (κ3) is 4.03. The van der Waals surface area contributed by atoms with E-state index in [1.807, 2.05) is 0 Å². The van der Waals surface area contributed by atoms with Gasteiger partial charge in [-0.25, -0.2) is 13.9 Å². The van der Waals surface area contributed by atoms with E-state index in [0.717, 1.165) is 6.42 Å². The van der Waals surface area contributed by atoms with E-state index in [9.17, 15) is 19.1 Å². The number of hydrogen-bond acceptors (Lipinski definition) is 4. The van der Waals surface area contributed by atoms with Gasteiger partial charge in [-0.1, -0.05) is 0 Å². The molecule has 0 radical (unpaired) electrons. The number of rotatable bonds is 5. The Morgan fingerprint density at radius 3 is 2.72 bits per heavy atom. The van der Waals surface area contributed by atoms with Crippen LogP contribution in [0.4, 0.5) is 4.39 Å². The third-order valence-electron chi connectivity index (χ3n) is 4.13. The first-order valence-corrected chi connectivity index (χ1v) is 7.97. The molecule has 25 heavy (non-hydrogen) atoms. The molecule has 1 saturated heterocycles. The molecule has 0 saturated carbocycles. The number of amides is 1. The van der Waals surface area contributed by atoms with Crippen molar-refractivity contribution in [3.8, 4) is 5.69 Å². The van der Waals surface area contributed by atoms with E-state index in [2.05, 4.69) is 10.4 Å². The summed E-state index contributed by atoms with van der Waals surface area (Å²) in [7, 11) is 0. The topological polar surface area (TPSA) is 93.5 Å². The van der Waals surface area contributed by atoms with E-state index in [0.29, 0.717) is 25.3 Å². The fraction of sp³-hybridized carbons (Fsp3) is 0.353. The van der Waals surface area contributed by atoms with Crippen LogP contribution >= 0.6 is 0 Å². The molecule has 0 aliphatic carbocycles. The number of nitrogens with zero attached hydrogens (tertiary/aromatic N) is 2. The molecule has 132 valence electrons. The lowest BCUT2D eigenvalue weighted by Crippen LogP contribution is -2.48. The average molecular weight is 347 g/mol. The summed E-state index contributed by atoms with van der Waals surface area (Å²) >= 11 is 0. The Labute approximate surface area is 143 Å². The van der Waals surface area contributed by atoms with Crippen molar-refractivity contribution >= 4 is 11.9 Å². The van der Waals surface area contributed by atoms with Gasteiger partial charge in [-0.05, 0) is 43.2 Å². The van der Waals surface area contributed by atoms with Crippen LogP contribution < -0.4 is 5.32 Å². The van der Waals surface area contributed by atoms with Crippen LogP contribution in [0.2, 0.25) is 0 Å². The van der Waals surface area contributed by atoms with E-state index in [-0.39, 0.29) is 17.4 Å².